The molecular formula is C15H28N2O11. The number of aliphatic hydroxyl groups excluding tert-OH is 2. The molecule has 13 heteroatoms. The molecule has 3 heterocycles. The van der Waals surface area contributed by atoms with Crippen LogP contribution in [-0.2, 0) is 18.9 Å². The summed E-state index contributed by atoms with van der Waals surface area (Å²) in [6.45, 7) is 0.424. The molecule has 2 aliphatic heterocycles. The van der Waals surface area contributed by atoms with Crippen LogP contribution >= 0.6 is 0 Å². The number of aromatic amines is 1. The van der Waals surface area contributed by atoms with E-state index in [1.54, 1.807) is 0 Å². The van der Waals surface area contributed by atoms with Crippen molar-refractivity contribution in [1.29, 1.82) is 0 Å². The van der Waals surface area contributed by atoms with Crippen molar-refractivity contribution in [2.45, 2.75) is 43.2 Å². The van der Waals surface area contributed by atoms with Crippen molar-refractivity contribution < 1.29 is 45.6 Å². The fourth-order valence-corrected chi connectivity index (χ4v) is 3.15. The maximum Gasteiger partial charge on any atom is 0.330 e. The first-order valence-electron chi connectivity index (χ1n) is 8.06. The van der Waals surface area contributed by atoms with Gasteiger partial charge in [0.05, 0.1) is 19.8 Å². The number of ether oxygens (including phenoxy) is 4. The van der Waals surface area contributed by atoms with Gasteiger partial charge in [-0.15, -0.1) is 0 Å². The first-order chi connectivity index (χ1) is 12.0. The van der Waals surface area contributed by atoms with Crippen LogP contribution in [0.2, 0.25) is 0 Å². The number of rotatable bonds is 5. The molecule has 1 aromatic heterocycles. The van der Waals surface area contributed by atoms with E-state index in [-0.39, 0.29) is 16.4 Å². The number of hydrogen-bond donors (Lipinski definition) is 3. The minimum Gasteiger partial charge on any atom is -0.412 e. The average molecular weight is 412 g/mol. The number of aliphatic hydroxyl groups is 2. The number of nitrogens with one attached hydrogen (secondary N) is 1. The van der Waals surface area contributed by atoms with Crippen LogP contribution in [0, 0.1) is 0 Å². The van der Waals surface area contributed by atoms with Crippen LogP contribution < -0.4 is 11.2 Å². The molecule has 2 fully saturated rings. The number of methoxy groups -OCH3 is 1. The summed E-state index contributed by atoms with van der Waals surface area (Å²) in [6, 6.07) is 1.17. The normalized spacial score (nSPS) is 28.5. The van der Waals surface area contributed by atoms with Crippen molar-refractivity contribution in [1.82, 2.24) is 9.55 Å². The van der Waals surface area contributed by atoms with Crippen LogP contribution in [0.1, 0.15) is 19.1 Å². The molecule has 164 valence electrons. The third-order valence-corrected chi connectivity index (χ3v) is 4.60. The lowest BCUT2D eigenvalue weighted by molar-refractivity contribution is -0.293. The standard InChI is InChI=1S/C15H22N2O8.3H2O/c1-22-15(3-6-23-7-4-15)25-12-11(20)9(8-18)24-13(12)17-5-2-10(19)16-14(17)21;;;/h2,5,9,11-13,18,20H,3-4,6-8H2,1H3,(H,16,19,21);3*1H2/t9-,11-,12-,13-;;;/m1.../s1. The van der Waals surface area contributed by atoms with Crippen molar-refractivity contribution in [2.75, 3.05) is 26.9 Å². The molecule has 4 atom stereocenters. The van der Waals surface area contributed by atoms with Crippen LogP contribution in [0.25, 0.3) is 0 Å². The number of aromatic nitrogens is 2. The van der Waals surface area contributed by atoms with Gasteiger partial charge < -0.3 is 45.6 Å². The van der Waals surface area contributed by atoms with Crippen LogP contribution in [0.4, 0.5) is 0 Å². The summed E-state index contributed by atoms with van der Waals surface area (Å²) in [7, 11) is 1.50. The number of H-pyrrole nitrogens is 1. The fourth-order valence-electron chi connectivity index (χ4n) is 3.15. The molecule has 13 nitrogen and oxygen atoms in total. The summed E-state index contributed by atoms with van der Waals surface area (Å²) in [5.74, 6) is -0.984. The van der Waals surface area contributed by atoms with E-state index in [2.05, 4.69) is 4.98 Å². The summed E-state index contributed by atoms with van der Waals surface area (Å²) in [6.07, 6.45) is -1.94. The van der Waals surface area contributed by atoms with Gasteiger partial charge in [0.15, 0.2) is 12.0 Å². The summed E-state index contributed by atoms with van der Waals surface area (Å²) < 4.78 is 23.6. The third-order valence-electron chi connectivity index (χ3n) is 4.60. The zero-order valence-corrected chi connectivity index (χ0v) is 15.3. The monoisotopic (exact) mass is 412 g/mol. The topological polar surface area (TPSA) is 227 Å². The Morgan fingerprint density at radius 3 is 2.46 bits per heavy atom. The summed E-state index contributed by atoms with van der Waals surface area (Å²) in [4.78, 5) is 25.5. The Bertz CT molecular complexity index is 700. The molecule has 2 saturated heterocycles. The molecule has 0 unspecified atom stereocenters. The van der Waals surface area contributed by atoms with Crippen molar-refractivity contribution in [2.24, 2.45) is 0 Å². The van der Waals surface area contributed by atoms with Crippen LogP contribution in [0.5, 0.6) is 0 Å². The molecule has 0 amide bonds. The summed E-state index contributed by atoms with van der Waals surface area (Å²) in [5.41, 5.74) is -1.25. The van der Waals surface area contributed by atoms with Gasteiger partial charge in [-0.25, -0.2) is 4.79 Å². The Balaban J connectivity index is 0.00000243. The van der Waals surface area contributed by atoms with Crippen LogP contribution in [-0.4, -0.2) is 87.2 Å². The molecule has 28 heavy (non-hydrogen) atoms. The van der Waals surface area contributed by atoms with Gasteiger partial charge >= 0.3 is 5.69 Å². The maximum atomic E-state index is 12.1. The second kappa shape index (κ2) is 10.8. The molecule has 3 rings (SSSR count). The Morgan fingerprint density at radius 2 is 1.93 bits per heavy atom. The fraction of sp³-hybridized carbons (Fsp3) is 0.733. The van der Waals surface area contributed by atoms with Gasteiger partial charge in [-0.3, -0.25) is 14.3 Å². The van der Waals surface area contributed by atoms with E-state index in [4.69, 9.17) is 18.9 Å². The SMILES string of the molecule is COC1(O[C@@H]2[C@H](O)[C@@H](CO)O[C@H]2n2ccc(=O)[nH]c2=O)CCOCC1.O.O.O. The lowest BCUT2D eigenvalue weighted by atomic mass is 10.1. The van der Waals surface area contributed by atoms with E-state index in [0.717, 1.165) is 4.57 Å². The minimum absolute atomic E-state index is 0. The molecule has 0 saturated carbocycles. The van der Waals surface area contributed by atoms with Gasteiger partial charge in [0, 0.05) is 32.2 Å². The van der Waals surface area contributed by atoms with E-state index < -0.39 is 48.2 Å². The second-order valence-corrected chi connectivity index (χ2v) is 6.07. The van der Waals surface area contributed by atoms with Crippen molar-refractivity contribution >= 4 is 0 Å². The number of nitrogens with zero attached hydrogens (tertiary/aromatic N) is 1. The molecule has 0 radical (unpaired) electrons. The Hall–Kier alpha value is -1.68. The minimum atomic E-state index is -1.18. The Kier molecular flexibility index (Phi) is 10.1. The quantitative estimate of drug-likeness (QED) is 0.401. The summed E-state index contributed by atoms with van der Waals surface area (Å²) in [5, 5.41) is 19.9. The largest absolute Gasteiger partial charge is 0.412 e. The number of hydrogen-bond acceptors (Lipinski definition) is 8. The zero-order chi connectivity index (χ0) is 18.0. The molecule has 0 aliphatic carbocycles. The lowest BCUT2D eigenvalue weighted by Gasteiger charge is -2.39. The maximum absolute atomic E-state index is 12.1. The van der Waals surface area contributed by atoms with Crippen LogP contribution in [0.15, 0.2) is 21.9 Å². The zero-order valence-electron chi connectivity index (χ0n) is 15.3. The predicted octanol–water partition coefficient (Wildman–Crippen LogP) is -4.15. The Morgan fingerprint density at radius 1 is 1.29 bits per heavy atom. The highest BCUT2D eigenvalue weighted by atomic mass is 16.7. The molecule has 0 bridgehead atoms. The van der Waals surface area contributed by atoms with Gasteiger partial charge in [-0.05, 0) is 0 Å². The highest BCUT2D eigenvalue weighted by Gasteiger charge is 2.50. The van der Waals surface area contributed by atoms with E-state index in [9.17, 15) is 19.8 Å². The second-order valence-electron chi connectivity index (χ2n) is 6.07. The highest BCUT2D eigenvalue weighted by Crippen LogP contribution is 2.37. The average Bonchev–Trinajstić information content (AvgIpc) is 2.92. The van der Waals surface area contributed by atoms with Gasteiger partial charge in [-0.1, -0.05) is 0 Å². The highest BCUT2D eigenvalue weighted by molar-refractivity contribution is 4.95. The molecular weight excluding hydrogens is 384 g/mol. The van der Waals surface area contributed by atoms with Gasteiger partial charge in [0.25, 0.3) is 5.56 Å². The van der Waals surface area contributed by atoms with E-state index in [1.807, 2.05) is 0 Å². The molecule has 0 spiro atoms. The third kappa shape index (κ3) is 5.02. The molecule has 1 aromatic rings. The molecule has 0 aromatic carbocycles. The Labute approximate surface area is 159 Å². The van der Waals surface area contributed by atoms with Crippen molar-refractivity contribution in [3.8, 4) is 0 Å². The van der Waals surface area contributed by atoms with E-state index >= 15 is 0 Å². The van der Waals surface area contributed by atoms with E-state index in [1.165, 1.54) is 19.4 Å². The van der Waals surface area contributed by atoms with Gasteiger partial charge in [0.2, 0.25) is 0 Å². The smallest absolute Gasteiger partial charge is 0.330 e. The predicted molar refractivity (Wildman–Crippen MR) is 93.8 cm³/mol. The molecule has 2 aliphatic rings. The lowest BCUT2D eigenvalue weighted by Crippen LogP contribution is -2.49. The first-order valence-corrected chi connectivity index (χ1v) is 8.06. The van der Waals surface area contributed by atoms with E-state index in [0.29, 0.717) is 26.1 Å². The van der Waals surface area contributed by atoms with Gasteiger partial charge in [0.1, 0.15) is 18.3 Å². The molecule has 9 N–H and O–H groups in total. The van der Waals surface area contributed by atoms with Crippen molar-refractivity contribution in [3.63, 3.8) is 0 Å². The first kappa shape index (κ1) is 26.3. The van der Waals surface area contributed by atoms with Crippen molar-refractivity contribution in [3.05, 3.63) is 33.1 Å². The van der Waals surface area contributed by atoms with Gasteiger partial charge in [-0.2, -0.15) is 0 Å². The summed E-state index contributed by atoms with van der Waals surface area (Å²) >= 11 is 0. The van der Waals surface area contributed by atoms with Crippen LogP contribution in [0.3, 0.4) is 0 Å².